The second-order valence-corrected chi connectivity index (χ2v) is 8.08. The third kappa shape index (κ3) is 2.75. The van der Waals surface area contributed by atoms with Crippen LogP contribution in [0.1, 0.15) is 13.8 Å². The van der Waals surface area contributed by atoms with E-state index in [0.29, 0.717) is 5.69 Å². The van der Waals surface area contributed by atoms with Crippen LogP contribution in [0.15, 0.2) is 36.4 Å². The van der Waals surface area contributed by atoms with Crippen molar-refractivity contribution in [2.24, 2.45) is 11.8 Å². The number of halogens is 1. The molecule has 4 atom stereocenters. The summed E-state index contributed by atoms with van der Waals surface area (Å²) in [5, 5.41) is 0. The number of hydrogen-bond donors (Lipinski definition) is 0. The number of benzene rings is 1. The Morgan fingerprint density at radius 3 is 2.29 bits per heavy atom. The standard InChI is InChI=1S/C19H16INO7/c1-9(22)26-18(27-10(2)23)19-8-7-13(28-19)14-15(19)17(25)21(16(14)24)12-5-3-11(20)4-6-12/h3-8,13-15,18H,1-2H3/t13-,14-,15+,19+/m1/s1. The normalized spacial score (nSPS) is 30.1. The zero-order valence-electron chi connectivity index (χ0n) is 15.0. The first-order valence-electron chi connectivity index (χ1n) is 8.59. The van der Waals surface area contributed by atoms with Gasteiger partial charge in [-0.15, -0.1) is 0 Å². The Balaban J connectivity index is 1.74. The van der Waals surface area contributed by atoms with E-state index in [2.05, 4.69) is 22.6 Å². The minimum Gasteiger partial charge on any atom is -0.422 e. The van der Waals surface area contributed by atoms with E-state index in [-0.39, 0.29) is 0 Å². The number of carbonyl (C=O) groups excluding carboxylic acids is 4. The molecule has 3 heterocycles. The van der Waals surface area contributed by atoms with E-state index in [0.717, 1.165) is 22.3 Å². The van der Waals surface area contributed by atoms with Crippen LogP contribution in [-0.4, -0.2) is 41.7 Å². The van der Waals surface area contributed by atoms with Gasteiger partial charge >= 0.3 is 11.9 Å². The Morgan fingerprint density at radius 1 is 1.11 bits per heavy atom. The highest BCUT2D eigenvalue weighted by Gasteiger charge is 2.72. The number of anilines is 1. The van der Waals surface area contributed by atoms with Crippen molar-refractivity contribution in [1.29, 1.82) is 0 Å². The lowest BCUT2D eigenvalue weighted by molar-refractivity contribution is -0.226. The molecule has 4 rings (SSSR count). The monoisotopic (exact) mass is 497 g/mol. The first-order chi connectivity index (χ1) is 13.2. The molecule has 2 amide bonds. The molecule has 3 aliphatic heterocycles. The van der Waals surface area contributed by atoms with E-state index < -0.39 is 53.6 Å². The molecule has 0 unspecified atom stereocenters. The zero-order valence-corrected chi connectivity index (χ0v) is 17.1. The van der Waals surface area contributed by atoms with Crippen LogP contribution in [-0.2, 0) is 33.4 Å². The molecular formula is C19H16INO7. The lowest BCUT2D eigenvalue weighted by Crippen LogP contribution is -2.52. The van der Waals surface area contributed by atoms with Gasteiger partial charge in [-0.3, -0.25) is 19.2 Å². The second kappa shape index (κ2) is 6.66. The minimum absolute atomic E-state index is 0.392. The van der Waals surface area contributed by atoms with Crippen LogP contribution in [0.25, 0.3) is 0 Å². The molecule has 8 nitrogen and oxygen atoms in total. The third-order valence-corrected chi connectivity index (χ3v) is 5.80. The maximum Gasteiger partial charge on any atom is 0.305 e. The number of esters is 2. The molecule has 2 saturated heterocycles. The summed E-state index contributed by atoms with van der Waals surface area (Å²) in [5.41, 5.74) is -1.08. The lowest BCUT2D eigenvalue weighted by Gasteiger charge is -2.34. The molecular weight excluding hydrogens is 481 g/mol. The van der Waals surface area contributed by atoms with Gasteiger partial charge in [0.15, 0.2) is 5.60 Å². The summed E-state index contributed by atoms with van der Waals surface area (Å²) in [5.74, 6) is -4.00. The van der Waals surface area contributed by atoms with Gasteiger partial charge in [0, 0.05) is 17.4 Å². The van der Waals surface area contributed by atoms with E-state index in [9.17, 15) is 19.2 Å². The summed E-state index contributed by atoms with van der Waals surface area (Å²) < 4.78 is 17.2. The number of ether oxygens (including phenoxy) is 3. The fraction of sp³-hybridized carbons (Fsp3) is 0.368. The Hall–Kier alpha value is -2.27. The quantitative estimate of drug-likeness (QED) is 0.205. The zero-order chi connectivity index (χ0) is 20.2. The molecule has 0 radical (unpaired) electrons. The fourth-order valence-electron chi connectivity index (χ4n) is 4.06. The van der Waals surface area contributed by atoms with Crippen molar-refractivity contribution >= 4 is 52.0 Å². The van der Waals surface area contributed by atoms with Crippen LogP contribution in [0.5, 0.6) is 0 Å². The Kier molecular flexibility index (Phi) is 4.53. The molecule has 0 aliphatic carbocycles. The highest BCUT2D eigenvalue weighted by Crippen LogP contribution is 2.54. The van der Waals surface area contributed by atoms with Crippen LogP contribution in [0.4, 0.5) is 5.69 Å². The predicted octanol–water partition coefficient (Wildman–Crippen LogP) is 1.56. The van der Waals surface area contributed by atoms with Crippen molar-refractivity contribution in [2.45, 2.75) is 31.8 Å². The van der Waals surface area contributed by atoms with Gasteiger partial charge in [0.05, 0.1) is 23.6 Å². The molecule has 0 spiro atoms. The number of amides is 2. The van der Waals surface area contributed by atoms with Crippen molar-refractivity contribution in [3.63, 3.8) is 0 Å². The number of imide groups is 1. The van der Waals surface area contributed by atoms with Crippen LogP contribution in [0, 0.1) is 15.4 Å². The first-order valence-corrected chi connectivity index (χ1v) is 9.67. The van der Waals surface area contributed by atoms with Crippen LogP contribution >= 0.6 is 22.6 Å². The maximum absolute atomic E-state index is 13.3. The van der Waals surface area contributed by atoms with Gasteiger partial charge in [-0.1, -0.05) is 6.08 Å². The van der Waals surface area contributed by atoms with E-state index in [1.54, 1.807) is 36.4 Å². The molecule has 3 aliphatic rings. The molecule has 2 bridgehead atoms. The number of rotatable bonds is 4. The lowest BCUT2D eigenvalue weighted by atomic mass is 9.76. The van der Waals surface area contributed by atoms with Gasteiger partial charge in [0.25, 0.3) is 6.29 Å². The van der Waals surface area contributed by atoms with Gasteiger partial charge in [-0.05, 0) is 52.9 Å². The smallest absolute Gasteiger partial charge is 0.305 e. The Labute approximate surface area is 173 Å². The van der Waals surface area contributed by atoms with Gasteiger partial charge < -0.3 is 14.2 Å². The van der Waals surface area contributed by atoms with Crippen molar-refractivity contribution in [3.05, 3.63) is 40.0 Å². The summed E-state index contributed by atoms with van der Waals surface area (Å²) in [6, 6.07) is 6.97. The van der Waals surface area contributed by atoms with E-state index in [4.69, 9.17) is 14.2 Å². The van der Waals surface area contributed by atoms with Crippen molar-refractivity contribution in [1.82, 2.24) is 0 Å². The van der Waals surface area contributed by atoms with Crippen molar-refractivity contribution in [2.75, 3.05) is 4.90 Å². The third-order valence-electron chi connectivity index (χ3n) is 5.08. The molecule has 1 aromatic rings. The van der Waals surface area contributed by atoms with E-state index in [1.807, 2.05) is 0 Å². The molecule has 0 N–H and O–H groups in total. The Bertz CT molecular complexity index is 895. The summed E-state index contributed by atoms with van der Waals surface area (Å²) in [4.78, 5) is 50.6. The van der Waals surface area contributed by atoms with E-state index in [1.165, 1.54) is 0 Å². The number of carbonyl (C=O) groups is 4. The topological polar surface area (TPSA) is 99.2 Å². The van der Waals surface area contributed by atoms with Gasteiger partial charge in [-0.2, -0.15) is 0 Å². The van der Waals surface area contributed by atoms with Crippen LogP contribution < -0.4 is 4.90 Å². The molecule has 0 saturated carbocycles. The van der Waals surface area contributed by atoms with Crippen LogP contribution in [0.3, 0.4) is 0 Å². The maximum atomic E-state index is 13.3. The highest BCUT2D eigenvalue weighted by atomic mass is 127. The highest BCUT2D eigenvalue weighted by molar-refractivity contribution is 14.1. The second-order valence-electron chi connectivity index (χ2n) is 6.84. The molecule has 9 heteroatoms. The summed E-state index contributed by atoms with van der Waals surface area (Å²) in [7, 11) is 0. The van der Waals surface area contributed by atoms with Gasteiger partial charge in [-0.25, -0.2) is 4.90 Å². The molecule has 1 aromatic carbocycles. The first kappa shape index (κ1) is 19.1. The SMILES string of the molecule is CC(=O)OC(OC(C)=O)[C@@]12C=C[C@@H](O1)[C@H]1C(=O)N(c3ccc(I)cc3)C(=O)[C@H]12. The number of fused-ring (bicyclic) bond motifs is 5. The van der Waals surface area contributed by atoms with Crippen molar-refractivity contribution in [3.8, 4) is 0 Å². The summed E-state index contributed by atoms with van der Waals surface area (Å²) >= 11 is 2.13. The largest absolute Gasteiger partial charge is 0.422 e. The molecule has 28 heavy (non-hydrogen) atoms. The summed E-state index contributed by atoms with van der Waals surface area (Å²) in [6.07, 6.45) is 1.07. The average Bonchev–Trinajstić information content (AvgIpc) is 3.26. The number of hydrogen-bond acceptors (Lipinski definition) is 7. The Morgan fingerprint density at radius 2 is 1.71 bits per heavy atom. The van der Waals surface area contributed by atoms with Crippen LogP contribution in [0.2, 0.25) is 0 Å². The minimum atomic E-state index is -1.53. The molecule has 2 fully saturated rings. The van der Waals surface area contributed by atoms with Gasteiger partial charge in [0.1, 0.15) is 0 Å². The van der Waals surface area contributed by atoms with Crippen molar-refractivity contribution < 1.29 is 33.4 Å². The summed E-state index contributed by atoms with van der Waals surface area (Å²) in [6.45, 7) is 2.32. The fourth-order valence-corrected chi connectivity index (χ4v) is 4.42. The molecule has 0 aromatic heterocycles. The number of nitrogens with zero attached hydrogens (tertiary/aromatic N) is 1. The predicted molar refractivity (Wildman–Crippen MR) is 103 cm³/mol. The molecule has 146 valence electrons. The van der Waals surface area contributed by atoms with E-state index >= 15 is 0 Å². The van der Waals surface area contributed by atoms with Gasteiger partial charge in [0.2, 0.25) is 11.8 Å². The average molecular weight is 497 g/mol.